The molecule has 1 heterocycles. The first-order valence-corrected chi connectivity index (χ1v) is 6.69. The number of rotatable bonds is 6. The fourth-order valence-corrected chi connectivity index (χ4v) is 2.04. The fraction of sp³-hybridized carbons (Fsp3) is 0.769. The van der Waals surface area contributed by atoms with Crippen molar-refractivity contribution in [3.05, 3.63) is 0 Å². The molecule has 102 valence electrons. The van der Waals surface area contributed by atoms with Crippen LogP contribution in [0.15, 0.2) is 0 Å². The number of unbranched alkanes of at least 4 members (excludes halogenated alkanes) is 4. The van der Waals surface area contributed by atoms with Crippen molar-refractivity contribution in [3.8, 4) is 0 Å². The van der Waals surface area contributed by atoms with Crippen LogP contribution in [0.3, 0.4) is 0 Å². The lowest BCUT2D eigenvalue weighted by atomic mass is 10.1. The maximum absolute atomic E-state index is 11.9. The molecule has 0 radical (unpaired) electrons. The highest BCUT2D eigenvalue weighted by molar-refractivity contribution is 6.04. The van der Waals surface area contributed by atoms with E-state index in [-0.39, 0.29) is 18.4 Å². The van der Waals surface area contributed by atoms with Gasteiger partial charge in [-0.3, -0.25) is 19.7 Å². The van der Waals surface area contributed by atoms with Crippen LogP contribution in [0, 0.1) is 0 Å². The van der Waals surface area contributed by atoms with Crippen LogP contribution in [0.25, 0.3) is 0 Å². The number of nitrogens with zero attached hydrogens (tertiary/aromatic N) is 1. The van der Waals surface area contributed by atoms with E-state index in [2.05, 4.69) is 12.2 Å². The van der Waals surface area contributed by atoms with Gasteiger partial charge in [0.25, 0.3) is 0 Å². The molecule has 1 atom stereocenters. The van der Waals surface area contributed by atoms with Crippen LogP contribution < -0.4 is 5.32 Å². The number of hydrogen-bond acceptors (Lipinski definition) is 3. The normalized spacial score (nSPS) is 19.9. The van der Waals surface area contributed by atoms with Crippen LogP contribution in [-0.2, 0) is 14.4 Å². The second kappa shape index (κ2) is 7.13. The highest BCUT2D eigenvalue weighted by atomic mass is 16.2. The molecule has 5 nitrogen and oxygen atoms in total. The van der Waals surface area contributed by atoms with Gasteiger partial charge < -0.3 is 4.90 Å². The molecule has 18 heavy (non-hydrogen) atoms. The summed E-state index contributed by atoms with van der Waals surface area (Å²) in [5, 5.41) is 2.23. The lowest BCUT2D eigenvalue weighted by Crippen LogP contribution is -2.58. The second-order valence-electron chi connectivity index (χ2n) is 4.77. The van der Waals surface area contributed by atoms with E-state index in [0.29, 0.717) is 6.42 Å². The van der Waals surface area contributed by atoms with Crippen molar-refractivity contribution in [2.24, 2.45) is 0 Å². The zero-order valence-electron chi connectivity index (χ0n) is 11.2. The average Bonchev–Trinajstić information content (AvgIpc) is 2.33. The number of piperazine rings is 1. The minimum Gasteiger partial charge on any atom is -0.322 e. The lowest BCUT2D eigenvalue weighted by molar-refractivity contribution is -0.149. The zero-order valence-corrected chi connectivity index (χ0v) is 11.2. The minimum absolute atomic E-state index is 0.000694. The highest BCUT2D eigenvalue weighted by Gasteiger charge is 2.32. The van der Waals surface area contributed by atoms with E-state index in [1.165, 1.54) is 17.7 Å². The molecule has 3 amide bonds. The van der Waals surface area contributed by atoms with E-state index >= 15 is 0 Å². The Balaban J connectivity index is 2.35. The van der Waals surface area contributed by atoms with Crippen LogP contribution >= 0.6 is 0 Å². The highest BCUT2D eigenvalue weighted by Crippen LogP contribution is 2.11. The van der Waals surface area contributed by atoms with Gasteiger partial charge in [-0.05, 0) is 13.3 Å². The van der Waals surface area contributed by atoms with Gasteiger partial charge in [-0.2, -0.15) is 0 Å². The van der Waals surface area contributed by atoms with Crippen molar-refractivity contribution >= 4 is 17.7 Å². The van der Waals surface area contributed by atoms with Gasteiger partial charge >= 0.3 is 0 Å². The summed E-state index contributed by atoms with van der Waals surface area (Å²) in [6, 6.07) is -0.536. The molecule has 0 aliphatic carbocycles. The first kappa shape index (κ1) is 14.7. The predicted molar refractivity (Wildman–Crippen MR) is 67.7 cm³/mol. The molecule has 5 heteroatoms. The number of hydrogen-bond donors (Lipinski definition) is 1. The van der Waals surface area contributed by atoms with E-state index in [1.807, 2.05) is 0 Å². The van der Waals surface area contributed by atoms with Crippen molar-refractivity contribution < 1.29 is 14.4 Å². The summed E-state index contributed by atoms with van der Waals surface area (Å²) in [7, 11) is 0. The quantitative estimate of drug-likeness (QED) is 0.572. The van der Waals surface area contributed by atoms with Gasteiger partial charge in [-0.1, -0.05) is 32.6 Å². The van der Waals surface area contributed by atoms with E-state index in [9.17, 15) is 14.4 Å². The third kappa shape index (κ3) is 4.13. The molecule has 1 N–H and O–H groups in total. The average molecular weight is 254 g/mol. The van der Waals surface area contributed by atoms with Gasteiger partial charge in [-0.25, -0.2) is 0 Å². The monoisotopic (exact) mass is 254 g/mol. The predicted octanol–water partition coefficient (Wildman–Crippen LogP) is 1.22. The first-order valence-electron chi connectivity index (χ1n) is 6.69. The fourth-order valence-electron chi connectivity index (χ4n) is 2.04. The number of carbonyl (C=O) groups excluding carboxylic acids is 3. The van der Waals surface area contributed by atoms with Crippen molar-refractivity contribution in [3.63, 3.8) is 0 Å². The number of nitrogens with one attached hydrogen (secondary N) is 1. The van der Waals surface area contributed by atoms with E-state index in [0.717, 1.165) is 19.3 Å². The third-order valence-corrected chi connectivity index (χ3v) is 3.24. The first-order chi connectivity index (χ1) is 8.56. The smallest absolute Gasteiger partial charge is 0.249 e. The van der Waals surface area contributed by atoms with Gasteiger partial charge in [0.05, 0.1) is 0 Å². The van der Waals surface area contributed by atoms with Crippen molar-refractivity contribution in [1.82, 2.24) is 10.2 Å². The van der Waals surface area contributed by atoms with Crippen molar-refractivity contribution in [1.29, 1.82) is 0 Å². The Hall–Kier alpha value is -1.39. The summed E-state index contributed by atoms with van der Waals surface area (Å²) in [5.74, 6) is -0.870. The third-order valence-electron chi connectivity index (χ3n) is 3.24. The van der Waals surface area contributed by atoms with Gasteiger partial charge in [0.15, 0.2) is 0 Å². The molecule has 0 bridgehead atoms. The molecule has 1 aliphatic rings. The number of amides is 3. The molecule has 0 aromatic rings. The Morgan fingerprint density at radius 1 is 1.28 bits per heavy atom. The summed E-state index contributed by atoms with van der Waals surface area (Å²) < 4.78 is 0. The lowest BCUT2D eigenvalue weighted by Gasteiger charge is -2.31. The van der Waals surface area contributed by atoms with Crippen LogP contribution in [0.4, 0.5) is 0 Å². The topological polar surface area (TPSA) is 66.5 Å². The Morgan fingerprint density at radius 2 is 1.94 bits per heavy atom. The van der Waals surface area contributed by atoms with Gasteiger partial charge in [0, 0.05) is 6.42 Å². The minimum atomic E-state index is -0.536. The van der Waals surface area contributed by atoms with Crippen molar-refractivity contribution in [2.45, 2.75) is 58.4 Å². The van der Waals surface area contributed by atoms with Crippen LogP contribution in [-0.4, -0.2) is 35.2 Å². The van der Waals surface area contributed by atoms with Crippen LogP contribution in [0.2, 0.25) is 0 Å². The molecule has 1 unspecified atom stereocenters. The molecule has 1 rings (SSSR count). The molecular weight excluding hydrogens is 232 g/mol. The largest absolute Gasteiger partial charge is 0.322 e. The standard InChI is InChI=1S/C13H22N2O3/c1-3-4-5-6-7-8-12(17)15-9-11(16)14-13(18)10(15)2/h10H,3-9H2,1-2H3,(H,14,16,18). The van der Waals surface area contributed by atoms with Crippen LogP contribution in [0.1, 0.15) is 52.4 Å². The maximum Gasteiger partial charge on any atom is 0.249 e. The van der Waals surface area contributed by atoms with E-state index in [1.54, 1.807) is 6.92 Å². The van der Waals surface area contributed by atoms with Crippen molar-refractivity contribution in [2.75, 3.05) is 6.54 Å². The summed E-state index contributed by atoms with van der Waals surface area (Å²) in [4.78, 5) is 35.9. The molecular formula is C13H22N2O3. The summed E-state index contributed by atoms with van der Waals surface area (Å²) >= 11 is 0. The molecule has 0 saturated carbocycles. The summed E-state index contributed by atoms with van der Waals surface area (Å²) in [6.45, 7) is 3.79. The second-order valence-corrected chi connectivity index (χ2v) is 4.77. The van der Waals surface area contributed by atoms with Gasteiger partial charge in [-0.15, -0.1) is 0 Å². The van der Waals surface area contributed by atoms with E-state index in [4.69, 9.17) is 0 Å². The molecule has 1 fully saturated rings. The van der Waals surface area contributed by atoms with Gasteiger partial charge in [0.1, 0.15) is 12.6 Å². The Bertz CT molecular complexity index is 328. The number of imide groups is 1. The SMILES string of the molecule is CCCCCCCC(=O)N1CC(=O)NC(=O)C1C. The molecule has 1 saturated heterocycles. The Kier molecular flexibility index (Phi) is 5.82. The maximum atomic E-state index is 11.9. The Morgan fingerprint density at radius 3 is 2.61 bits per heavy atom. The number of carbonyl (C=O) groups is 3. The zero-order chi connectivity index (χ0) is 13.5. The Labute approximate surface area is 108 Å². The summed E-state index contributed by atoms with van der Waals surface area (Å²) in [5.41, 5.74) is 0. The molecule has 1 aliphatic heterocycles. The molecule has 0 aromatic carbocycles. The molecule has 0 spiro atoms. The van der Waals surface area contributed by atoms with Gasteiger partial charge in [0.2, 0.25) is 17.7 Å². The summed E-state index contributed by atoms with van der Waals surface area (Å²) in [6.07, 6.45) is 5.79. The molecule has 0 aromatic heterocycles. The van der Waals surface area contributed by atoms with Crippen LogP contribution in [0.5, 0.6) is 0 Å². The van der Waals surface area contributed by atoms with E-state index < -0.39 is 11.9 Å².